The van der Waals surface area contributed by atoms with Crippen LogP contribution in [0.15, 0.2) is 18.2 Å². The molecule has 0 amide bonds. The van der Waals surface area contributed by atoms with Crippen molar-refractivity contribution in [3.63, 3.8) is 0 Å². The number of likely N-dealkylation sites (tertiary alicyclic amines) is 1. The number of piperidine rings is 1. The van der Waals surface area contributed by atoms with E-state index in [1.54, 1.807) is 12.1 Å². The van der Waals surface area contributed by atoms with Gasteiger partial charge in [-0.15, -0.1) is 0 Å². The molecule has 21 heavy (non-hydrogen) atoms. The van der Waals surface area contributed by atoms with Gasteiger partial charge in [-0.1, -0.05) is 25.4 Å². The molecule has 6 heteroatoms. The predicted molar refractivity (Wildman–Crippen MR) is 86.0 cm³/mol. The lowest BCUT2D eigenvalue weighted by Crippen LogP contribution is -2.40. The van der Waals surface area contributed by atoms with E-state index >= 15 is 0 Å². The van der Waals surface area contributed by atoms with Gasteiger partial charge < -0.3 is 10.2 Å². The SMILES string of the molecule is CC(C)CN1CCC(Nc2cc(Cl)ccc2[N+](=O)[O-])CC1. The summed E-state index contributed by atoms with van der Waals surface area (Å²) in [5, 5.41) is 14.9. The molecule has 0 spiro atoms. The predicted octanol–water partition coefficient (Wildman–Crippen LogP) is 3.78. The summed E-state index contributed by atoms with van der Waals surface area (Å²) in [5.41, 5.74) is 0.610. The highest BCUT2D eigenvalue weighted by Gasteiger charge is 2.22. The molecule has 1 heterocycles. The first-order valence-electron chi connectivity index (χ1n) is 7.38. The van der Waals surface area contributed by atoms with E-state index in [0.717, 1.165) is 32.5 Å². The van der Waals surface area contributed by atoms with E-state index in [9.17, 15) is 10.1 Å². The highest BCUT2D eigenvalue weighted by molar-refractivity contribution is 6.31. The molecule has 1 saturated heterocycles. The molecule has 1 N–H and O–H groups in total. The lowest BCUT2D eigenvalue weighted by molar-refractivity contribution is -0.384. The van der Waals surface area contributed by atoms with Gasteiger partial charge in [-0.05, 0) is 30.9 Å². The fraction of sp³-hybridized carbons (Fsp3) is 0.600. The summed E-state index contributed by atoms with van der Waals surface area (Å²) in [7, 11) is 0. The highest BCUT2D eigenvalue weighted by Crippen LogP contribution is 2.29. The van der Waals surface area contributed by atoms with Gasteiger partial charge >= 0.3 is 0 Å². The summed E-state index contributed by atoms with van der Waals surface area (Å²) in [6.07, 6.45) is 1.99. The van der Waals surface area contributed by atoms with E-state index in [2.05, 4.69) is 24.1 Å². The monoisotopic (exact) mass is 311 g/mol. The molecule has 0 saturated carbocycles. The maximum Gasteiger partial charge on any atom is 0.292 e. The number of halogens is 1. The van der Waals surface area contributed by atoms with Crippen LogP contribution in [-0.4, -0.2) is 35.5 Å². The molecule has 1 aliphatic rings. The van der Waals surface area contributed by atoms with Crippen molar-refractivity contribution in [2.75, 3.05) is 25.0 Å². The van der Waals surface area contributed by atoms with Crippen molar-refractivity contribution < 1.29 is 4.92 Å². The normalized spacial score (nSPS) is 17.1. The van der Waals surface area contributed by atoms with Gasteiger partial charge in [-0.2, -0.15) is 0 Å². The first-order chi connectivity index (χ1) is 9.95. The molecule has 1 aromatic rings. The number of rotatable bonds is 5. The molecule has 116 valence electrons. The molecule has 1 aliphatic heterocycles. The third-order valence-corrected chi connectivity index (χ3v) is 3.96. The molecule has 0 bridgehead atoms. The Hall–Kier alpha value is -1.33. The van der Waals surface area contributed by atoms with Crippen molar-refractivity contribution in [2.45, 2.75) is 32.7 Å². The van der Waals surface area contributed by atoms with Gasteiger partial charge in [0.25, 0.3) is 5.69 Å². The second kappa shape index (κ2) is 7.09. The van der Waals surface area contributed by atoms with Crippen LogP contribution in [0.1, 0.15) is 26.7 Å². The van der Waals surface area contributed by atoms with Crippen LogP contribution in [-0.2, 0) is 0 Å². The highest BCUT2D eigenvalue weighted by atomic mass is 35.5. The lowest BCUT2D eigenvalue weighted by Gasteiger charge is -2.33. The maximum atomic E-state index is 11.1. The largest absolute Gasteiger partial charge is 0.377 e. The maximum absolute atomic E-state index is 11.1. The molecule has 0 unspecified atom stereocenters. The van der Waals surface area contributed by atoms with E-state index in [1.807, 2.05) is 0 Å². The summed E-state index contributed by atoms with van der Waals surface area (Å²) >= 11 is 5.95. The minimum absolute atomic E-state index is 0.0870. The van der Waals surface area contributed by atoms with Crippen LogP contribution >= 0.6 is 11.6 Å². The van der Waals surface area contributed by atoms with E-state index in [1.165, 1.54) is 6.07 Å². The molecule has 1 fully saturated rings. The quantitative estimate of drug-likeness (QED) is 0.664. The van der Waals surface area contributed by atoms with Crippen LogP contribution in [0.5, 0.6) is 0 Å². The smallest absolute Gasteiger partial charge is 0.292 e. The fourth-order valence-corrected chi connectivity index (χ4v) is 2.95. The Morgan fingerprint density at radius 2 is 2.10 bits per heavy atom. The van der Waals surface area contributed by atoms with Gasteiger partial charge in [-0.3, -0.25) is 10.1 Å². The molecule has 0 aliphatic carbocycles. The number of nitro benzene ring substituents is 1. The van der Waals surface area contributed by atoms with Crippen molar-refractivity contribution in [1.82, 2.24) is 4.90 Å². The molecule has 0 aromatic heterocycles. The first-order valence-corrected chi connectivity index (χ1v) is 7.76. The van der Waals surface area contributed by atoms with Crippen LogP contribution in [0.25, 0.3) is 0 Å². The van der Waals surface area contributed by atoms with Gasteiger partial charge in [0.2, 0.25) is 0 Å². The van der Waals surface area contributed by atoms with E-state index in [-0.39, 0.29) is 16.7 Å². The Labute approximate surface area is 130 Å². The Kier molecular flexibility index (Phi) is 5.42. The minimum atomic E-state index is -0.368. The number of nitrogens with zero attached hydrogens (tertiary/aromatic N) is 2. The Bertz CT molecular complexity index is 500. The number of nitro groups is 1. The van der Waals surface area contributed by atoms with Crippen LogP contribution in [0.3, 0.4) is 0 Å². The lowest BCUT2D eigenvalue weighted by atomic mass is 10.0. The molecule has 0 atom stereocenters. The number of hydrogen-bond donors (Lipinski definition) is 1. The standard InChI is InChI=1S/C15H22ClN3O2/c1-11(2)10-18-7-5-13(6-8-18)17-14-9-12(16)3-4-15(14)19(20)21/h3-4,9,11,13,17H,5-8,10H2,1-2H3. The van der Waals surface area contributed by atoms with E-state index in [4.69, 9.17) is 11.6 Å². The van der Waals surface area contributed by atoms with Crippen LogP contribution in [0.2, 0.25) is 5.02 Å². The molecule has 2 rings (SSSR count). The van der Waals surface area contributed by atoms with Crippen molar-refractivity contribution >= 4 is 23.0 Å². The minimum Gasteiger partial charge on any atom is -0.377 e. The van der Waals surface area contributed by atoms with Crippen LogP contribution in [0, 0.1) is 16.0 Å². The average molecular weight is 312 g/mol. The number of hydrogen-bond acceptors (Lipinski definition) is 4. The topological polar surface area (TPSA) is 58.4 Å². The molecule has 0 radical (unpaired) electrons. The van der Waals surface area contributed by atoms with Crippen molar-refractivity contribution in [2.24, 2.45) is 5.92 Å². The zero-order valence-corrected chi connectivity index (χ0v) is 13.3. The van der Waals surface area contributed by atoms with Gasteiger partial charge in [0.1, 0.15) is 5.69 Å². The molecule has 5 nitrogen and oxygen atoms in total. The van der Waals surface area contributed by atoms with Crippen molar-refractivity contribution in [1.29, 1.82) is 0 Å². The van der Waals surface area contributed by atoms with Crippen molar-refractivity contribution in [3.05, 3.63) is 33.3 Å². The van der Waals surface area contributed by atoms with Gasteiger partial charge in [0, 0.05) is 36.8 Å². The summed E-state index contributed by atoms with van der Waals surface area (Å²) in [5.74, 6) is 0.670. The number of nitrogens with one attached hydrogen (secondary N) is 1. The third-order valence-electron chi connectivity index (χ3n) is 3.73. The summed E-state index contributed by atoms with van der Waals surface area (Å²) in [4.78, 5) is 13.1. The zero-order chi connectivity index (χ0) is 15.4. The second-order valence-corrected chi connectivity index (χ2v) is 6.47. The van der Waals surface area contributed by atoms with Crippen LogP contribution in [0.4, 0.5) is 11.4 Å². The summed E-state index contributed by atoms with van der Waals surface area (Å²) < 4.78 is 0. The summed E-state index contributed by atoms with van der Waals surface area (Å²) in [6.45, 7) is 7.62. The van der Waals surface area contributed by atoms with E-state index < -0.39 is 0 Å². The Morgan fingerprint density at radius 3 is 2.67 bits per heavy atom. The summed E-state index contributed by atoms with van der Waals surface area (Å²) in [6, 6.07) is 4.92. The van der Waals surface area contributed by atoms with Gasteiger partial charge in [-0.25, -0.2) is 0 Å². The third kappa shape index (κ3) is 4.58. The van der Waals surface area contributed by atoms with Gasteiger partial charge in [0.15, 0.2) is 0 Å². The molecular formula is C15H22ClN3O2. The first kappa shape index (κ1) is 16.0. The van der Waals surface area contributed by atoms with E-state index in [0.29, 0.717) is 16.6 Å². The van der Waals surface area contributed by atoms with Crippen molar-refractivity contribution in [3.8, 4) is 0 Å². The zero-order valence-electron chi connectivity index (χ0n) is 12.5. The number of anilines is 1. The fourth-order valence-electron chi connectivity index (χ4n) is 2.78. The second-order valence-electron chi connectivity index (χ2n) is 6.03. The van der Waals surface area contributed by atoms with Gasteiger partial charge in [0.05, 0.1) is 4.92 Å². The molecular weight excluding hydrogens is 290 g/mol. The molecule has 1 aromatic carbocycles. The Balaban J connectivity index is 1.97. The van der Waals surface area contributed by atoms with Crippen LogP contribution < -0.4 is 5.32 Å². The Morgan fingerprint density at radius 1 is 1.43 bits per heavy atom. The number of benzene rings is 1. The average Bonchev–Trinajstić information content (AvgIpc) is 2.40.